The second-order valence-electron chi connectivity index (χ2n) is 6.78. The van der Waals surface area contributed by atoms with Crippen LogP contribution in [-0.2, 0) is 11.3 Å². The number of carbonyl (C=O) groups excluding carboxylic acids is 1. The molecule has 2 atom stereocenters. The van der Waals surface area contributed by atoms with Gasteiger partial charge in [0.15, 0.2) is 11.5 Å². The molecule has 6 nitrogen and oxygen atoms in total. The van der Waals surface area contributed by atoms with Gasteiger partial charge in [-0.2, -0.15) is 5.10 Å². The molecule has 6 heteroatoms. The summed E-state index contributed by atoms with van der Waals surface area (Å²) in [5.41, 5.74) is 2.32. The second kappa shape index (κ2) is 6.78. The number of nitrogens with one attached hydrogen (secondary N) is 1. The van der Waals surface area contributed by atoms with Crippen molar-refractivity contribution in [3.63, 3.8) is 0 Å². The average molecular weight is 341 g/mol. The molecule has 132 valence electrons. The van der Waals surface area contributed by atoms with Gasteiger partial charge in [-0.15, -0.1) is 0 Å². The van der Waals surface area contributed by atoms with Gasteiger partial charge in [0, 0.05) is 25.2 Å². The molecule has 0 radical (unpaired) electrons. The number of ether oxygens (including phenoxy) is 2. The van der Waals surface area contributed by atoms with E-state index in [0.717, 1.165) is 42.0 Å². The smallest absolute Gasteiger partial charge is 0.223 e. The lowest BCUT2D eigenvalue weighted by Crippen LogP contribution is -2.27. The van der Waals surface area contributed by atoms with Gasteiger partial charge in [0.2, 0.25) is 5.91 Å². The van der Waals surface area contributed by atoms with E-state index in [9.17, 15) is 4.79 Å². The van der Waals surface area contributed by atoms with Gasteiger partial charge in [0.25, 0.3) is 0 Å². The van der Waals surface area contributed by atoms with Crippen LogP contribution in [0.2, 0.25) is 0 Å². The maximum Gasteiger partial charge on any atom is 0.223 e. The summed E-state index contributed by atoms with van der Waals surface area (Å²) in [5, 5.41) is 7.30. The quantitative estimate of drug-likeness (QED) is 0.819. The van der Waals surface area contributed by atoms with Gasteiger partial charge in [-0.3, -0.25) is 9.48 Å². The first-order chi connectivity index (χ1) is 12.2. The molecular weight excluding hydrogens is 318 g/mol. The van der Waals surface area contributed by atoms with Crippen LogP contribution in [0.25, 0.3) is 0 Å². The van der Waals surface area contributed by atoms with Crippen molar-refractivity contribution in [2.45, 2.75) is 32.2 Å². The molecule has 2 aliphatic rings. The van der Waals surface area contributed by atoms with E-state index in [0.29, 0.717) is 25.7 Å². The predicted octanol–water partition coefficient (Wildman–Crippen LogP) is 2.27. The monoisotopic (exact) mass is 341 g/mol. The third-order valence-corrected chi connectivity index (χ3v) is 4.75. The molecule has 2 aromatic rings. The summed E-state index contributed by atoms with van der Waals surface area (Å²) >= 11 is 0. The van der Waals surface area contributed by atoms with Crippen LogP contribution >= 0.6 is 0 Å². The predicted molar refractivity (Wildman–Crippen MR) is 92.9 cm³/mol. The van der Waals surface area contributed by atoms with Gasteiger partial charge in [-0.1, -0.05) is 6.07 Å². The highest BCUT2D eigenvalue weighted by molar-refractivity contribution is 5.82. The van der Waals surface area contributed by atoms with E-state index in [1.54, 1.807) is 0 Å². The van der Waals surface area contributed by atoms with Gasteiger partial charge in [0.05, 0.1) is 6.20 Å². The summed E-state index contributed by atoms with van der Waals surface area (Å²) in [4.78, 5) is 12.3. The minimum atomic E-state index is 0.0782. The van der Waals surface area contributed by atoms with Crippen molar-refractivity contribution in [1.29, 1.82) is 0 Å². The molecule has 4 rings (SSSR count). The molecule has 0 bridgehead atoms. The number of benzene rings is 1. The number of hydrogen-bond acceptors (Lipinski definition) is 4. The first kappa shape index (κ1) is 16.0. The van der Waals surface area contributed by atoms with Crippen LogP contribution in [0.3, 0.4) is 0 Å². The van der Waals surface area contributed by atoms with Crippen molar-refractivity contribution >= 4 is 5.91 Å². The van der Waals surface area contributed by atoms with Crippen LogP contribution in [0.1, 0.15) is 29.9 Å². The number of fused-ring (bicyclic) bond motifs is 1. The van der Waals surface area contributed by atoms with Gasteiger partial charge in [-0.05, 0) is 48.9 Å². The average Bonchev–Trinajstić information content (AvgIpc) is 3.33. The number of amides is 1. The molecule has 1 fully saturated rings. The maximum absolute atomic E-state index is 12.3. The van der Waals surface area contributed by atoms with E-state index < -0.39 is 0 Å². The van der Waals surface area contributed by atoms with Crippen molar-refractivity contribution in [1.82, 2.24) is 15.1 Å². The lowest BCUT2D eigenvalue weighted by atomic mass is 10.1. The van der Waals surface area contributed by atoms with Gasteiger partial charge in [-0.25, -0.2) is 0 Å². The molecule has 25 heavy (non-hydrogen) atoms. The first-order valence-electron chi connectivity index (χ1n) is 8.87. The maximum atomic E-state index is 12.3. The Morgan fingerprint density at radius 3 is 2.96 bits per heavy atom. The molecule has 2 unspecified atom stereocenters. The van der Waals surface area contributed by atoms with Gasteiger partial charge < -0.3 is 14.8 Å². The van der Waals surface area contributed by atoms with Crippen LogP contribution < -0.4 is 14.8 Å². The number of aryl methyl sites for hydroxylation is 2. The van der Waals surface area contributed by atoms with E-state index in [1.165, 1.54) is 0 Å². The highest BCUT2D eigenvalue weighted by Crippen LogP contribution is 2.49. The zero-order valence-corrected chi connectivity index (χ0v) is 14.4. The molecular formula is C19H23N3O3. The number of aromatic nitrogens is 2. The molecule has 1 aliphatic carbocycles. The van der Waals surface area contributed by atoms with Crippen molar-refractivity contribution < 1.29 is 14.3 Å². The molecule has 1 aromatic carbocycles. The Morgan fingerprint density at radius 1 is 1.32 bits per heavy atom. The van der Waals surface area contributed by atoms with Crippen molar-refractivity contribution in [3.05, 3.63) is 41.7 Å². The molecule has 0 spiro atoms. The Bertz CT molecular complexity index is 771. The molecule has 1 amide bonds. The molecule has 0 saturated heterocycles. The third kappa shape index (κ3) is 3.62. The van der Waals surface area contributed by atoms with E-state index >= 15 is 0 Å². The van der Waals surface area contributed by atoms with Crippen molar-refractivity contribution in [2.24, 2.45) is 5.92 Å². The van der Waals surface area contributed by atoms with E-state index in [-0.39, 0.29) is 11.8 Å². The SMILES string of the molecule is Cc1cnn(CCCNC(=O)C2CC2c2ccc3c(c2)OCCO3)c1. The van der Waals surface area contributed by atoms with Gasteiger partial charge >= 0.3 is 0 Å². The minimum absolute atomic E-state index is 0.0782. The summed E-state index contributed by atoms with van der Waals surface area (Å²) in [5.74, 6) is 2.12. The third-order valence-electron chi connectivity index (χ3n) is 4.75. The lowest BCUT2D eigenvalue weighted by Gasteiger charge is -2.18. The fraction of sp³-hybridized carbons (Fsp3) is 0.474. The van der Waals surface area contributed by atoms with Crippen LogP contribution in [0.5, 0.6) is 11.5 Å². The minimum Gasteiger partial charge on any atom is -0.486 e. The largest absolute Gasteiger partial charge is 0.486 e. The van der Waals surface area contributed by atoms with Crippen molar-refractivity contribution in [3.8, 4) is 11.5 Å². The second-order valence-corrected chi connectivity index (χ2v) is 6.78. The zero-order chi connectivity index (χ0) is 17.2. The van der Waals surface area contributed by atoms with E-state index in [4.69, 9.17) is 9.47 Å². The fourth-order valence-corrected chi connectivity index (χ4v) is 3.32. The van der Waals surface area contributed by atoms with Gasteiger partial charge in [0.1, 0.15) is 13.2 Å². The Kier molecular flexibility index (Phi) is 4.34. The van der Waals surface area contributed by atoms with E-state index in [1.807, 2.05) is 42.2 Å². The normalized spacial score (nSPS) is 21.0. The standard InChI is InChI=1S/C19H23N3O3/c1-13-11-21-22(12-13)6-2-5-20-19(23)16-10-15(16)14-3-4-17-18(9-14)25-8-7-24-17/h3-4,9,11-12,15-16H,2,5-8,10H2,1H3,(H,20,23). The Hall–Kier alpha value is -2.50. The Balaban J connectivity index is 1.24. The van der Waals surface area contributed by atoms with Crippen LogP contribution in [0.4, 0.5) is 0 Å². The van der Waals surface area contributed by atoms with Crippen LogP contribution in [0.15, 0.2) is 30.6 Å². The highest BCUT2D eigenvalue weighted by Gasteiger charge is 2.44. The number of carbonyl (C=O) groups is 1. The summed E-state index contributed by atoms with van der Waals surface area (Å²) in [7, 11) is 0. The highest BCUT2D eigenvalue weighted by atomic mass is 16.6. The summed E-state index contributed by atoms with van der Waals surface area (Å²) < 4.78 is 13.1. The lowest BCUT2D eigenvalue weighted by molar-refractivity contribution is -0.122. The zero-order valence-electron chi connectivity index (χ0n) is 14.4. The molecule has 1 aromatic heterocycles. The molecule has 1 N–H and O–H groups in total. The number of rotatable bonds is 6. The topological polar surface area (TPSA) is 65.4 Å². The fourth-order valence-electron chi connectivity index (χ4n) is 3.32. The molecule has 1 saturated carbocycles. The first-order valence-corrected chi connectivity index (χ1v) is 8.87. The summed E-state index contributed by atoms with van der Waals surface area (Å²) in [6, 6.07) is 6.02. The van der Waals surface area contributed by atoms with Crippen LogP contribution in [-0.4, -0.2) is 35.4 Å². The molecule has 1 aliphatic heterocycles. The number of hydrogen-bond donors (Lipinski definition) is 1. The Labute approximate surface area is 147 Å². The van der Waals surface area contributed by atoms with Crippen molar-refractivity contribution in [2.75, 3.05) is 19.8 Å². The summed E-state index contributed by atoms with van der Waals surface area (Å²) in [6.07, 6.45) is 5.65. The Morgan fingerprint density at radius 2 is 2.16 bits per heavy atom. The van der Waals surface area contributed by atoms with Crippen LogP contribution in [0, 0.1) is 12.8 Å². The molecule has 2 heterocycles. The number of nitrogens with zero attached hydrogens (tertiary/aromatic N) is 2. The van der Waals surface area contributed by atoms with E-state index in [2.05, 4.69) is 10.4 Å². The summed E-state index contributed by atoms with van der Waals surface area (Å²) in [6.45, 7) is 4.71.